The number of nitrogens with one attached hydrogen (secondary N) is 1. The Balaban J connectivity index is 1.55. The lowest BCUT2D eigenvalue weighted by Crippen LogP contribution is -2.13. The molecule has 10 heteroatoms. The zero-order valence-corrected chi connectivity index (χ0v) is 20.4. The molecule has 0 aliphatic rings. The second-order valence-corrected chi connectivity index (χ2v) is 8.16. The lowest BCUT2D eigenvalue weighted by atomic mass is 10.1. The van der Waals surface area contributed by atoms with E-state index in [1.54, 1.807) is 16.6 Å². The number of carbonyl (C=O) groups excluding carboxylic acids is 1. The van der Waals surface area contributed by atoms with Crippen LogP contribution in [0, 0.1) is 0 Å². The Labute approximate surface area is 201 Å². The van der Waals surface area contributed by atoms with Crippen molar-refractivity contribution in [1.82, 2.24) is 19.8 Å². The predicted molar refractivity (Wildman–Crippen MR) is 131 cm³/mol. The zero-order valence-electron chi connectivity index (χ0n) is 19.6. The number of fused-ring (bicyclic) bond motifs is 1. The monoisotopic (exact) mass is 481 g/mol. The number of ether oxygens (including phenoxy) is 3. The van der Waals surface area contributed by atoms with E-state index < -0.39 is 0 Å². The second kappa shape index (κ2) is 10.5. The van der Waals surface area contributed by atoms with Gasteiger partial charge in [-0.2, -0.15) is 9.61 Å². The fourth-order valence-electron chi connectivity index (χ4n) is 3.41. The molecular formula is C24H27N5O4S. The summed E-state index contributed by atoms with van der Waals surface area (Å²) in [6, 6.07) is 10.9. The molecule has 1 amide bonds. The van der Waals surface area contributed by atoms with Gasteiger partial charge < -0.3 is 19.5 Å². The van der Waals surface area contributed by atoms with Gasteiger partial charge in [-0.05, 0) is 57.2 Å². The van der Waals surface area contributed by atoms with Crippen molar-refractivity contribution >= 4 is 27.9 Å². The number of nitrogens with zero attached hydrogens (tertiary/aromatic N) is 4. The Morgan fingerprint density at radius 2 is 1.59 bits per heavy atom. The van der Waals surface area contributed by atoms with Crippen LogP contribution in [0.1, 0.15) is 43.9 Å². The summed E-state index contributed by atoms with van der Waals surface area (Å²) in [4.78, 5) is 13.8. The van der Waals surface area contributed by atoms with Gasteiger partial charge in [0.1, 0.15) is 5.01 Å². The second-order valence-electron chi connectivity index (χ2n) is 7.20. The van der Waals surface area contributed by atoms with E-state index in [0.717, 1.165) is 27.8 Å². The van der Waals surface area contributed by atoms with Crippen LogP contribution in [0.15, 0.2) is 36.4 Å². The molecule has 9 nitrogen and oxygen atoms in total. The summed E-state index contributed by atoms with van der Waals surface area (Å²) in [5, 5.41) is 16.7. The minimum absolute atomic E-state index is 0.274. The molecule has 0 spiro atoms. The lowest BCUT2D eigenvalue weighted by Gasteiger charge is -2.17. The molecule has 0 radical (unpaired) electrons. The van der Waals surface area contributed by atoms with Crippen LogP contribution in [0.2, 0.25) is 0 Å². The Morgan fingerprint density at radius 3 is 2.18 bits per heavy atom. The highest BCUT2D eigenvalue weighted by molar-refractivity contribution is 7.19. The van der Waals surface area contributed by atoms with E-state index in [1.165, 1.54) is 11.3 Å². The van der Waals surface area contributed by atoms with Gasteiger partial charge in [0.15, 0.2) is 17.3 Å². The molecule has 4 aromatic rings. The van der Waals surface area contributed by atoms with Crippen LogP contribution in [-0.4, -0.2) is 45.5 Å². The number of anilines is 1. The fourth-order valence-corrected chi connectivity index (χ4v) is 4.28. The topological polar surface area (TPSA) is 99.9 Å². The van der Waals surface area contributed by atoms with E-state index in [1.807, 2.05) is 52.0 Å². The SMILES string of the molecule is CCOc1cc(C(=O)Nc2ccc(-c3nn4c(CC)nnc4s3)cc2)cc(OCC)c1OCC. The molecule has 0 saturated heterocycles. The summed E-state index contributed by atoms with van der Waals surface area (Å²) in [5.41, 5.74) is 2.02. The van der Waals surface area contributed by atoms with Crippen molar-refractivity contribution in [3.63, 3.8) is 0 Å². The minimum atomic E-state index is -0.274. The number of hydrogen-bond acceptors (Lipinski definition) is 8. The summed E-state index contributed by atoms with van der Waals surface area (Å²) in [6.07, 6.45) is 0.761. The summed E-state index contributed by atoms with van der Waals surface area (Å²) in [7, 11) is 0. The number of amides is 1. The third-order valence-electron chi connectivity index (χ3n) is 4.93. The van der Waals surface area contributed by atoms with Crippen molar-refractivity contribution < 1.29 is 19.0 Å². The van der Waals surface area contributed by atoms with Crippen molar-refractivity contribution in [2.75, 3.05) is 25.1 Å². The highest BCUT2D eigenvalue weighted by atomic mass is 32.1. The summed E-state index contributed by atoms with van der Waals surface area (Å²) < 4.78 is 18.9. The van der Waals surface area contributed by atoms with Crippen LogP contribution in [0.4, 0.5) is 5.69 Å². The maximum Gasteiger partial charge on any atom is 0.255 e. The molecule has 0 aliphatic heterocycles. The van der Waals surface area contributed by atoms with Crippen LogP contribution in [0.25, 0.3) is 15.5 Å². The molecule has 2 aromatic carbocycles. The van der Waals surface area contributed by atoms with Gasteiger partial charge in [-0.1, -0.05) is 18.3 Å². The Hall–Kier alpha value is -3.66. The summed E-state index contributed by atoms with van der Waals surface area (Å²) in [6.45, 7) is 9.00. The Bertz CT molecular complexity index is 1260. The number of carbonyl (C=O) groups is 1. The molecule has 0 aliphatic carbocycles. The van der Waals surface area contributed by atoms with Crippen molar-refractivity contribution in [3.05, 3.63) is 47.8 Å². The predicted octanol–water partition coefficient (Wildman–Crippen LogP) is 4.86. The van der Waals surface area contributed by atoms with Crippen molar-refractivity contribution in [2.45, 2.75) is 34.1 Å². The molecule has 2 aromatic heterocycles. The van der Waals surface area contributed by atoms with E-state index in [4.69, 9.17) is 14.2 Å². The highest BCUT2D eigenvalue weighted by Gasteiger charge is 2.19. The van der Waals surface area contributed by atoms with E-state index in [0.29, 0.717) is 48.3 Å². The maximum atomic E-state index is 13.0. The first kappa shape index (κ1) is 23.5. The average molecular weight is 482 g/mol. The van der Waals surface area contributed by atoms with Gasteiger partial charge in [0, 0.05) is 23.2 Å². The molecule has 0 fully saturated rings. The van der Waals surface area contributed by atoms with Crippen LogP contribution < -0.4 is 19.5 Å². The first-order valence-corrected chi connectivity index (χ1v) is 12.1. The molecule has 0 bridgehead atoms. The minimum Gasteiger partial charge on any atom is -0.490 e. The largest absolute Gasteiger partial charge is 0.490 e. The third-order valence-corrected chi connectivity index (χ3v) is 5.88. The molecule has 34 heavy (non-hydrogen) atoms. The normalized spacial score (nSPS) is 10.9. The molecular weight excluding hydrogens is 454 g/mol. The van der Waals surface area contributed by atoms with Gasteiger partial charge >= 0.3 is 0 Å². The lowest BCUT2D eigenvalue weighted by molar-refractivity contribution is 0.102. The number of benzene rings is 2. The highest BCUT2D eigenvalue weighted by Crippen LogP contribution is 2.39. The zero-order chi connectivity index (χ0) is 24.1. The Kier molecular flexibility index (Phi) is 7.27. The van der Waals surface area contributed by atoms with Gasteiger partial charge in [0.2, 0.25) is 10.7 Å². The Morgan fingerprint density at radius 1 is 0.941 bits per heavy atom. The quantitative estimate of drug-likeness (QED) is 0.345. The van der Waals surface area contributed by atoms with Crippen molar-refractivity contribution in [3.8, 4) is 27.8 Å². The summed E-state index contributed by atoms with van der Waals surface area (Å²) in [5.74, 6) is 2.01. The van der Waals surface area contributed by atoms with Crippen molar-refractivity contribution in [1.29, 1.82) is 0 Å². The molecule has 2 heterocycles. The van der Waals surface area contributed by atoms with Gasteiger partial charge in [-0.3, -0.25) is 4.79 Å². The average Bonchev–Trinajstić information content (AvgIpc) is 3.42. The van der Waals surface area contributed by atoms with Gasteiger partial charge in [0.25, 0.3) is 5.91 Å². The first-order valence-electron chi connectivity index (χ1n) is 11.3. The molecule has 0 saturated carbocycles. The van der Waals surface area contributed by atoms with Crippen molar-refractivity contribution in [2.24, 2.45) is 0 Å². The smallest absolute Gasteiger partial charge is 0.255 e. The molecule has 178 valence electrons. The third kappa shape index (κ3) is 4.81. The molecule has 1 N–H and O–H groups in total. The van der Waals surface area contributed by atoms with Crippen LogP contribution in [0.5, 0.6) is 17.2 Å². The van der Waals surface area contributed by atoms with Crippen LogP contribution >= 0.6 is 11.3 Å². The summed E-state index contributed by atoms with van der Waals surface area (Å²) >= 11 is 1.47. The van der Waals surface area contributed by atoms with E-state index >= 15 is 0 Å². The first-order chi connectivity index (χ1) is 16.6. The molecule has 0 atom stereocenters. The number of aromatic nitrogens is 4. The van der Waals surface area contributed by atoms with Gasteiger partial charge in [-0.25, -0.2) is 0 Å². The van der Waals surface area contributed by atoms with Gasteiger partial charge in [-0.15, -0.1) is 10.2 Å². The fraction of sp³-hybridized carbons (Fsp3) is 0.333. The molecule has 0 unspecified atom stereocenters. The number of aryl methyl sites for hydroxylation is 1. The molecule has 4 rings (SSSR count). The van der Waals surface area contributed by atoms with Gasteiger partial charge in [0.05, 0.1) is 19.8 Å². The van der Waals surface area contributed by atoms with Crippen LogP contribution in [0.3, 0.4) is 0 Å². The number of rotatable bonds is 10. The number of hydrogen-bond donors (Lipinski definition) is 1. The van der Waals surface area contributed by atoms with E-state index in [9.17, 15) is 4.79 Å². The van der Waals surface area contributed by atoms with E-state index in [2.05, 4.69) is 20.6 Å². The standard InChI is InChI=1S/C24H27N5O4S/c1-5-20-26-27-24-29(20)28-23(34-24)15-9-11-17(12-10-15)25-22(30)16-13-18(31-6-2)21(33-8-4)19(14-16)32-7-3/h9-14H,5-8H2,1-4H3,(H,25,30). The van der Waals surface area contributed by atoms with Crippen LogP contribution in [-0.2, 0) is 6.42 Å². The van der Waals surface area contributed by atoms with E-state index in [-0.39, 0.29) is 5.91 Å². The maximum absolute atomic E-state index is 13.0.